The number of esters is 1. The Morgan fingerprint density at radius 3 is 2.24 bits per heavy atom. The first-order chi connectivity index (χ1) is 17.7. The molecule has 0 aliphatic heterocycles. The highest BCUT2D eigenvalue weighted by molar-refractivity contribution is 5.97. The Labute approximate surface area is 209 Å². The number of nitro benzene ring substituents is 2. The van der Waals surface area contributed by atoms with Crippen molar-refractivity contribution in [1.82, 2.24) is 5.43 Å². The number of nitrogens with zero attached hydrogens (tertiary/aromatic N) is 3. The lowest BCUT2D eigenvalue weighted by Crippen LogP contribution is -2.18. The molecule has 13 heteroatoms. The molecule has 13 nitrogen and oxygen atoms in total. The van der Waals surface area contributed by atoms with Gasteiger partial charge < -0.3 is 14.2 Å². The lowest BCUT2D eigenvalue weighted by Gasteiger charge is -2.11. The van der Waals surface area contributed by atoms with E-state index in [2.05, 4.69) is 10.5 Å². The maximum absolute atomic E-state index is 12.6. The van der Waals surface area contributed by atoms with Crippen molar-refractivity contribution in [2.24, 2.45) is 5.10 Å². The molecule has 3 aromatic rings. The van der Waals surface area contributed by atoms with Crippen LogP contribution in [-0.2, 0) is 0 Å². The van der Waals surface area contributed by atoms with E-state index in [1.54, 1.807) is 31.2 Å². The molecule has 0 spiro atoms. The summed E-state index contributed by atoms with van der Waals surface area (Å²) in [5, 5.41) is 26.1. The number of methoxy groups -OCH3 is 1. The summed E-state index contributed by atoms with van der Waals surface area (Å²) in [6.45, 7) is 1.90. The number of nitrogens with one attached hydrogen (secondary N) is 1. The average molecular weight is 508 g/mol. The SMILES string of the molecule is CCOc1cc(/C=N/NC(=O)c2ccccc2OC)ccc1OC(=O)c1cc([N+](=O)[O-])cc([N+](=O)[O-])c1. The summed E-state index contributed by atoms with van der Waals surface area (Å²) in [4.78, 5) is 45.5. The Bertz CT molecular complexity index is 1360. The van der Waals surface area contributed by atoms with Crippen molar-refractivity contribution in [1.29, 1.82) is 0 Å². The Morgan fingerprint density at radius 2 is 1.62 bits per heavy atom. The van der Waals surface area contributed by atoms with Crippen molar-refractivity contribution in [2.75, 3.05) is 13.7 Å². The fourth-order valence-electron chi connectivity index (χ4n) is 3.10. The van der Waals surface area contributed by atoms with Crippen LogP contribution in [0.1, 0.15) is 33.2 Å². The van der Waals surface area contributed by atoms with Crippen molar-refractivity contribution in [3.63, 3.8) is 0 Å². The Kier molecular flexibility index (Phi) is 8.44. The van der Waals surface area contributed by atoms with Crippen LogP contribution < -0.4 is 19.6 Å². The highest BCUT2D eigenvalue weighted by Crippen LogP contribution is 2.30. The topological polar surface area (TPSA) is 172 Å². The van der Waals surface area contributed by atoms with E-state index < -0.39 is 33.1 Å². The number of benzene rings is 3. The number of amides is 1. The van der Waals surface area contributed by atoms with E-state index in [-0.39, 0.29) is 23.7 Å². The van der Waals surface area contributed by atoms with Gasteiger partial charge in [0.25, 0.3) is 17.3 Å². The number of carbonyl (C=O) groups is 2. The second kappa shape index (κ2) is 11.9. The molecule has 0 saturated heterocycles. The monoisotopic (exact) mass is 508 g/mol. The number of carbonyl (C=O) groups excluding carboxylic acids is 2. The van der Waals surface area contributed by atoms with Crippen molar-refractivity contribution in [3.8, 4) is 17.2 Å². The van der Waals surface area contributed by atoms with Gasteiger partial charge in [0.05, 0.1) is 47.0 Å². The van der Waals surface area contributed by atoms with Gasteiger partial charge in [0.1, 0.15) is 5.75 Å². The maximum Gasteiger partial charge on any atom is 0.344 e. The van der Waals surface area contributed by atoms with Gasteiger partial charge in [-0.1, -0.05) is 12.1 Å². The fraction of sp³-hybridized carbons (Fsp3) is 0.125. The first-order valence-corrected chi connectivity index (χ1v) is 10.6. The molecule has 0 unspecified atom stereocenters. The molecule has 0 aliphatic carbocycles. The molecule has 0 aromatic heterocycles. The van der Waals surface area contributed by atoms with E-state index in [0.29, 0.717) is 16.9 Å². The van der Waals surface area contributed by atoms with Crippen LogP contribution in [0.5, 0.6) is 17.2 Å². The molecule has 0 saturated carbocycles. The highest BCUT2D eigenvalue weighted by Gasteiger charge is 2.22. The molecule has 0 heterocycles. The normalized spacial score (nSPS) is 10.5. The van der Waals surface area contributed by atoms with Crippen LogP contribution in [0.25, 0.3) is 0 Å². The quantitative estimate of drug-likeness (QED) is 0.140. The van der Waals surface area contributed by atoms with Crippen molar-refractivity contribution in [3.05, 3.63) is 97.6 Å². The third-order valence-corrected chi connectivity index (χ3v) is 4.76. The van der Waals surface area contributed by atoms with Gasteiger partial charge in [0.15, 0.2) is 11.5 Å². The van der Waals surface area contributed by atoms with Crippen molar-refractivity contribution >= 4 is 29.5 Å². The van der Waals surface area contributed by atoms with Crippen LogP contribution in [0.3, 0.4) is 0 Å². The van der Waals surface area contributed by atoms with Gasteiger partial charge in [-0.2, -0.15) is 5.10 Å². The van der Waals surface area contributed by atoms with Gasteiger partial charge in [-0.15, -0.1) is 0 Å². The summed E-state index contributed by atoms with van der Waals surface area (Å²) in [7, 11) is 1.44. The van der Waals surface area contributed by atoms with Crippen LogP contribution in [0, 0.1) is 20.2 Å². The first kappa shape index (κ1) is 26.3. The maximum atomic E-state index is 12.6. The number of ether oxygens (including phenoxy) is 3. The second-order valence-electron chi connectivity index (χ2n) is 7.18. The van der Waals surface area contributed by atoms with Crippen LogP contribution in [0.4, 0.5) is 11.4 Å². The minimum Gasteiger partial charge on any atom is -0.496 e. The van der Waals surface area contributed by atoms with E-state index in [4.69, 9.17) is 14.2 Å². The van der Waals surface area contributed by atoms with E-state index in [1.807, 2.05) is 0 Å². The first-order valence-electron chi connectivity index (χ1n) is 10.6. The molecule has 0 atom stereocenters. The minimum atomic E-state index is -1.06. The zero-order chi connectivity index (χ0) is 26.9. The van der Waals surface area contributed by atoms with Crippen molar-refractivity contribution in [2.45, 2.75) is 6.92 Å². The van der Waals surface area contributed by atoms with Crippen LogP contribution in [0.15, 0.2) is 65.8 Å². The number of hydrogen-bond donors (Lipinski definition) is 1. The van der Waals surface area contributed by atoms with Crippen LogP contribution in [-0.4, -0.2) is 41.7 Å². The lowest BCUT2D eigenvalue weighted by atomic mass is 10.1. The van der Waals surface area contributed by atoms with Gasteiger partial charge in [0, 0.05) is 12.1 Å². The number of non-ortho nitro benzene ring substituents is 2. The smallest absolute Gasteiger partial charge is 0.344 e. The Morgan fingerprint density at radius 1 is 0.946 bits per heavy atom. The zero-order valence-corrected chi connectivity index (χ0v) is 19.6. The molecule has 37 heavy (non-hydrogen) atoms. The molecular weight excluding hydrogens is 488 g/mol. The lowest BCUT2D eigenvalue weighted by molar-refractivity contribution is -0.394. The molecule has 190 valence electrons. The molecule has 0 radical (unpaired) electrons. The summed E-state index contributed by atoms with van der Waals surface area (Å²) >= 11 is 0. The predicted molar refractivity (Wildman–Crippen MR) is 130 cm³/mol. The summed E-state index contributed by atoms with van der Waals surface area (Å²) in [5.41, 5.74) is 1.51. The number of hydrazone groups is 1. The van der Waals surface area contributed by atoms with Gasteiger partial charge >= 0.3 is 5.97 Å². The van der Waals surface area contributed by atoms with Gasteiger partial charge in [-0.25, -0.2) is 10.2 Å². The Hall–Kier alpha value is -5.33. The fourth-order valence-corrected chi connectivity index (χ4v) is 3.10. The number of para-hydroxylation sites is 1. The summed E-state index contributed by atoms with van der Waals surface area (Å²) in [5.74, 6) is -1.06. The van der Waals surface area contributed by atoms with E-state index >= 15 is 0 Å². The molecule has 3 aromatic carbocycles. The Balaban J connectivity index is 1.79. The molecule has 0 aliphatic rings. The second-order valence-corrected chi connectivity index (χ2v) is 7.18. The summed E-state index contributed by atoms with van der Waals surface area (Å²) in [6, 6.07) is 13.5. The van der Waals surface area contributed by atoms with Crippen molar-refractivity contribution < 1.29 is 33.6 Å². The van der Waals surface area contributed by atoms with E-state index in [0.717, 1.165) is 18.2 Å². The molecule has 1 amide bonds. The van der Waals surface area contributed by atoms with E-state index in [9.17, 15) is 29.8 Å². The highest BCUT2D eigenvalue weighted by atomic mass is 16.6. The molecule has 3 rings (SSSR count). The average Bonchev–Trinajstić information content (AvgIpc) is 2.89. The van der Waals surface area contributed by atoms with Gasteiger partial charge in [0.2, 0.25) is 0 Å². The number of nitro groups is 2. The molecule has 1 N–H and O–H groups in total. The predicted octanol–water partition coefficient (Wildman–Crippen LogP) is 3.89. The third kappa shape index (κ3) is 6.63. The van der Waals surface area contributed by atoms with Crippen LogP contribution in [0.2, 0.25) is 0 Å². The molecule has 0 fully saturated rings. The standard InChI is InChI=1S/C24H20N4O9/c1-3-36-22-10-15(14-25-26-23(29)19-6-4-5-7-20(19)35-2)8-9-21(22)37-24(30)16-11-17(27(31)32)13-18(12-16)28(33)34/h4-14H,3H2,1-2H3,(H,26,29)/b25-14+. The summed E-state index contributed by atoms with van der Waals surface area (Å²) < 4.78 is 16.0. The molecule has 0 bridgehead atoms. The van der Waals surface area contributed by atoms with E-state index in [1.165, 1.54) is 31.5 Å². The van der Waals surface area contributed by atoms with Gasteiger partial charge in [-0.3, -0.25) is 25.0 Å². The van der Waals surface area contributed by atoms with Gasteiger partial charge in [-0.05, 0) is 42.8 Å². The third-order valence-electron chi connectivity index (χ3n) is 4.76. The molecular formula is C24H20N4O9. The largest absolute Gasteiger partial charge is 0.496 e. The zero-order valence-electron chi connectivity index (χ0n) is 19.6. The number of hydrogen-bond acceptors (Lipinski definition) is 10. The number of rotatable bonds is 10. The minimum absolute atomic E-state index is 0.0313. The van der Waals surface area contributed by atoms with Crippen LogP contribution >= 0.6 is 0 Å². The summed E-state index contributed by atoms with van der Waals surface area (Å²) in [6.07, 6.45) is 1.34.